The molecule has 160 valence electrons. The van der Waals surface area contributed by atoms with Crippen LogP contribution in [0.1, 0.15) is 30.3 Å². The number of fused-ring (bicyclic) bond motifs is 1. The number of thiazole rings is 1. The Labute approximate surface area is 188 Å². The minimum Gasteiger partial charge on any atom is -0.490 e. The zero-order chi connectivity index (χ0) is 21.5. The van der Waals surface area contributed by atoms with Crippen molar-refractivity contribution in [3.63, 3.8) is 0 Å². The number of aromatic nitrogens is 3. The molecule has 3 aromatic rings. The summed E-state index contributed by atoms with van der Waals surface area (Å²) in [6.45, 7) is 2.81. The van der Waals surface area contributed by atoms with Crippen molar-refractivity contribution in [3.05, 3.63) is 52.8 Å². The molecular formula is C22H21ClN4O3S. The number of hydrogen-bond donors (Lipinski definition) is 0. The number of Topliss-reactive ketones (excluding diaryl/α,β-unsaturated/α-hetero) is 1. The predicted molar refractivity (Wildman–Crippen MR) is 118 cm³/mol. The molecule has 0 radical (unpaired) electrons. The molecular weight excluding hydrogens is 436 g/mol. The SMILES string of the molecule is CC(=O)c1ccn(C(=O)N2C[C@H]3CC(Oc4ccc(Cl)c(-c5nccs5)c4)C[C@H]3C2)n1. The molecule has 5 rings (SSSR count). The van der Waals surface area contributed by atoms with Gasteiger partial charge < -0.3 is 9.64 Å². The van der Waals surface area contributed by atoms with E-state index >= 15 is 0 Å². The van der Waals surface area contributed by atoms with Crippen LogP contribution in [0.25, 0.3) is 10.6 Å². The van der Waals surface area contributed by atoms with Gasteiger partial charge in [0.25, 0.3) is 0 Å². The van der Waals surface area contributed by atoms with Gasteiger partial charge in [-0.15, -0.1) is 11.3 Å². The molecule has 1 saturated heterocycles. The van der Waals surface area contributed by atoms with E-state index in [-0.39, 0.29) is 17.9 Å². The second kappa shape index (κ2) is 8.09. The molecule has 0 spiro atoms. The number of ketones is 1. The minimum absolute atomic E-state index is 0.117. The molecule has 0 N–H and O–H groups in total. The van der Waals surface area contributed by atoms with Gasteiger partial charge in [0.15, 0.2) is 5.78 Å². The Morgan fingerprint density at radius 3 is 2.61 bits per heavy atom. The van der Waals surface area contributed by atoms with Crippen molar-refractivity contribution < 1.29 is 14.3 Å². The predicted octanol–water partition coefficient (Wildman–Crippen LogP) is 4.62. The second-order valence-electron chi connectivity index (χ2n) is 8.10. The van der Waals surface area contributed by atoms with Gasteiger partial charge in [-0.3, -0.25) is 4.79 Å². The number of carbonyl (C=O) groups excluding carboxylic acids is 2. The third kappa shape index (κ3) is 3.97. The molecule has 2 aliphatic rings. The number of rotatable bonds is 4. The maximum atomic E-state index is 12.7. The third-order valence-electron chi connectivity index (χ3n) is 6.03. The summed E-state index contributed by atoms with van der Waals surface area (Å²) in [7, 11) is 0. The first-order chi connectivity index (χ1) is 15.0. The van der Waals surface area contributed by atoms with Crippen molar-refractivity contribution in [1.29, 1.82) is 0 Å². The van der Waals surface area contributed by atoms with Crippen LogP contribution in [0.15, 0.2) is 42.0 Å². The lowest BCUT2D eigenvalue weighted by Gasteiger charge is -2.20. The summed E-state index contributed by atoms with van der Waals surface area (Å²) in [4.78, 5) is 30.3. The van der Waals surface area contributed by atoms with Gasteiger partial charge in [0, 0.05) is 43.4 Å². The number of carbonyl (C=O) groups is 2. The normalized spacial score (nSPS) is 22.5. The van der Waals surface area contributed by atoms with Crippen LogP contribution < -0.4 is 4.74 Å². The Balaban J connectivity index is 1.21. The highest BCUT2D eigenvalue weighted by molar-refractivity contribution is 7.13. The van der Waals surface area contributed by atoms with E-state index in [2.05, 4.69) is 10.1 Å². The molecule has 7 nitrogen and oxygen atoms in total. The quantitative estimate of drug-likeness (QED) is 0.535. The number of benzene rings is 1. The van der Waals surface area contributed by atoms with E-state index in [9.17, 15) is 9.59 Å². The fourth-order valence-corrected chi connectivity index (χ4v) is 5.48. The van der Waals surface area contributed by atoms with Crippen molar-refractivity contribution in [2.75, 3.05) is 13.1 Å². The van der Waals surface area contributed by atoms with E-state index < -0.39 is 0 Å². The first kappa shape index (κ1) is 20.2. The zero-order valence-electron chi connectivity index (χ0n) is 16.9. The molecule has 9 heteroatoms. The highest BCUT2D eigenvalue weighted by atomic mass is 35.5. The Bertz CT molecular complexity index is 1120. The van der Waals surface area contributed by atoms with Crippen molar-refractivity contribution in [1.82, 2.24) is 19.7 Å². The lowest BCUT2D eigenvalue weighted by atomic mass is 10.0. The Morgan fingerprint density at radius 1 is 1.19 bits per heavy atom. The summed E-state index contributed by atoms with van der Waals surface area (Å²) in [5, 5.41) is 7.55. The maximum Gasteiger partial charge on any atom is 0.344 e. The fraction of sp³-hybridized carbons (Fsp3) is 0.364. The molecule has 1 amide bonds. The van der Waals surface area contributed by atoms with Gasteiger partial charge in [0.05, 0.1) is 11.1 Å². The maximum absolute atomic E-state index is 12.7. The Hall–Kier alpha value is -2.71. The zero-order valence-corrected chi connectivity index (χ0v) is 18.5. The van der Waals surface area contributed by atoms with Gasteiger partial charge in [0.2, 0.25) is 0 Å². The summed E-state index contributed by atoms with van der Waals surface area (Å²) in [5.41, 5.74) is 1.19. The van der Waals surface area contributed by atoms with Gasteiger partial charge in [-0.05, 0) is 48.9 Å². The van der Waals surface area contributed by atoms with Crippen molar-refractivity contribution in [2.24, 2.45) is 11.8 Å². The first-order valence-corrected chi connectivity index (χ1v) is 11.5. The molecule has 3 heterocycles. The molecule has 1 unspecified atom stereocenters. The van der Waals surface area contributed by atoms with Crippen LogP contribution in [0.2, 0.25) is 5.02 Å². The summed E-state index contributed by atoms with van der Waals surface area (Å²) >= 11 is 7.89. The third-order valence-corrected chi connectivity index (χ3v) is 7.16. The number of likely N-dealkylation sites (tertiary alicyclic amines) is 1. The molecule has 3 atom stereocenters. The van der Waals surface area contributed by atoms with E-state index in [1.54, 1.807) is 29.8 Å². The van der Waals surface area contributed by atoms with Crippen molar-refractivity contribution in [3.8, 4) is 16.3 Å². The van der Waals surface area contributed by atoms with E-state index in [1.807, 2.05) is 28.5 Å². The van der Waals surface area contributed by atoms with E-state index in [1.165, 1.54) is 11.6 Å². The number of halogens is 1. The molecule has 2 aromatic heterocycles. The summed E-state index contributed by atoms with van der Waals surface area (Å²) < 4.78 is 7.54. The number of hydrogen-bond acceptors (Lipinski definition) is 6. The van der Waals surface area contributed by atoms with Crippen LogP contribution in [0.4, 0.5) is 4.79 Å². The lowest BCUT2D eigenvalue weighted by Crippen LogP contribution is -2.34. The average Bonchev–Trinajstić information content (AvgIpc) is 3.52. The number of amides is 1. The van der Waals surface area contributed by atoms with Crippen LogP contribution in [0.3, 0.4) is 0 Å². The smallest absolute Gasteiger partial charge is 0.344 e. The van der Waals surface area contributed by atoms with E-state index in [0.717, 1.165) is 29.2 Å². The molecule has 1 saturated carbocycles. The summed E-state index contributed by atoms with van der Waals surface area (Å²) in [5.74, 6) is 1.45. The standard InChI is InChI=1S/C22H21ClN4O3S/c1-13(28)20-4-6-27(25-20)22(29)26-11-14-8-17(9-15(14)12-26)30-16-2-3-19(23)18(10-16)21-24-5-7-31-21/h2-7,10,14-15,17H,8-9,11-12H2,1H3/t14-,15+,17?. The highest BCUT2D eigenvalue weighted by Crippen LogP contribution is 2.41. The van der Waals surface area contributed by atoms with Crippen LogP contribution in [-0.4, -0.2) is 50.7 Å². The Morgan fingerprint density at radius 2 is 1.97 bits per heavy atom. The van der Waals surface area contributed by atoms with Gasteiger partial charge in [-0.1, -0.05) is 11.6 Å². The fourth-order valence-electron chi connectivity index (χ4n) is 4.55. The summed E-state index contributed by atoms with van der Waals surface area (Å²) in [6.07, 6.45) is 5.24. The molecule has 2 fully saturated rings. The number of ether oxygens (including phenoxy) is 1. The van der Waals surface area contributed by atoms with Crippen LogP contribution in [0.5, 0.6) is 5.75 Å². The Kier molecular flexibility index (Phi) is 5.27. The van der Waals surface area contributed by atoms with E-state index in [4.69, 9.17) is 16.3 Å². The van der Waals surface area contributed by atoms with Gasteiger partial charge in [-0.25, -0.2) is 9.78 Å². The topological polar surface area (TPSA) is 77.3 Å². The van der Waals surface area contributed by atoms with Gasteiger partial charge >= 0.3 is 6.03 Å². The molecule has 31 heavy (non-hydrogen) atoms. The molecule has 1 aromatic carbocycles. The summed E-state index contributed by atoms with van der Waals surface area (Å²) in [6, 6.07) is 7.10. The average molecular weight is 457 g/mol. The highest BCUT2D eigenvalue weighted by Gasteiger charge is 2.43. The monoisotopic (exact) mass is 456 g/mol. The molecule has 0 bridgehead atoms. The second-order valence-corrected chi connectivity index (χ2v) is 9.40. The van der Waals surface area contributed by atoms with E-state index in [0.29, 0.717) is 35.6 Å². The van der Waals surface area contributed by atoms with Crippen LogP contribution >= 0.6 is 22.9 Å². The minimum atomic E-state index is -0.176. The first-order valence-electron chi connectivity index (χ1n) is 10.2. The number of nitrogens with zero attached hydrogens (tertiary/aromatic N) is 4. The van der Waals surface area contributed by atoms with Crippen LogP contribution in [0, 0.1) is 11.8 Å². The van der Waals surface area contributed by atoms with Crippen LogP contribution in [-0.2, 0) is 0 Å². The van der Waals surface area contributed by atoms with Gasteiger partial charge in [-0.2, -0.15) is 9.78 Å². The molecule has 1 aliphatic carbocycles. The van der Waals surface area contributed by atoms with Crippen molar-refractivity contribution >= 4 is 34.8 Å². The lowest BCUT2D eigenvalue weighted by molar-refractivity contribution is 0.101. The van der Waals surface area contributed by atoms with Gasteiger partial charge in [0.1, 0.15) is 16.5 Å². The largest absolute Gasteiger partial charge is 0.490 e. The van der Waals surface area contributed by atoms with Crippen molar-refractivity contribution in [2.45, 2.75) is 25.9 Å². The molecule has 1 aliphatic heterocycles.